The Kier molecular flexibility index (Phi) is 3.24. The molecule has 74 valence electrons. The lowest BCUT2D eigenvalue weighted by molar-refractivity contribution is 0.689. The number of aromatic amines is 1. The van der Waals surface area contributed by atoms with Crippen LogP contribution in [0, 0.1) is 0 Å². The van der Waals surface area contributed by atoms with Crippen LogP contribution in [0.25, 0.3) is 0 Å². The summed E-state index contributed by atoms with van der Waals surface area (Å²) in [5.41, 5.74) is 1.12. The third kappa shape index (κ3) is 2.61. The van der Waals surface area contributed by atoms with Gasteiger partial charge >= 0.3 is 0 Å². The standard InChI is InChI=1S/C10H11ClN2S/c11-8-4-9(13-5-8)6-12-7-10-2-1-3-14-10/h1-5,12-13H,6-7H2. The van der Waals surface area contributed by atoms with Gasteiger partial charge < -0.3 is 10.3 Å². The molecule has 0 unspecified atom stereocenters. The van der Waals surface area contributed by atoms with Crippen LogP contribution in [-0.2, 0) is 13.1 Å². The van der Waals surface area contributed by atoms with Crippen molar-refractivity contribution >= 4 is 22.9 Å². The maximum Gasteiger partial charge on any atom is 0.0583 e. The van der Waals surface area contributed by atoms with E-state index in [0.717, 1.165) is 23.8 Å². The Morgan fingerprint density at radius 1 is 1.43 bits per heavy atom. The Hall–Kier alpha value is -0.770. The van der Waals surface area contributed by atoms with Gasteiger partial charge in [0.2, 0.25) is 0 Å². The summed E-state index contributed by atoms with van der Waals surface area (Å²) in [6.45, 7) is 1.74. The van der Waals surface area contributed by atoms with Crippen molar-refractivity contribution in [3.63, 3.8) is 0 Å². The van der Waals surface area contributed by atoms with Crippen LogP contribution in [0.2, 0.25) is 5.02 Å². The van der Waals surface area contributed by atoms with E-state index in [9.17, 15) is 0 Å². The number of hydrogen-bond acceptors (Lipinski definition) is 2. The maximum atomic E-state index is 5.78. The molecule has 0 aliphatic rings. The summed E-state index contributed by atoms with van der Waals surface area (Å²) < 4.78 is 0. The molecule has 2 aromatic heterocycles. The summed E-state index contributed by atoms with van der Waals surface area (Å²) >= 11 is 7.55. The normalized spacial score (nSPS) is 10.6. The third-order valence-corrected chi connectivity index (χ3v) is 3.00. The van der Waals surface area contributed by atoms with Crippen molar-refractivity contribution in [1.29, 1.82) is 0 Å². The van der Waals surface area contributed by atoms with Gasteiger partial charge in [0.25, 0.3) is 0 Å². The van der Waals surface area contributed by atoms with Crippen molar-refractivity contribution in [1.82, 2.24) is 10.3 Å². The highest BCUT2D eigenvalue weighted by molar-refractivity contribution is 7.09. The molecule has 0 spiro atoms. The fourth-order valence-corrected chi connectivity index (χ4v) is 2.11. The van der Waals surface area contributed by atoms with E-state index >= 15 is 0 Å². The lowest BCUT2D eigenvalue weighted by Gasteiger charge is -2.00. The second-order valence-corrected chi connectivity index (χ2v) is 4.49. The van der Waals surface area contributed by atoms with Gasteiger partial charge in [-0.1, -0.05) is 17.7 Å². The topological polar surface area (TPSA) is 27.8 Å². The smallest absolute Gasteiger partial charge is 0.0583 e. The first-order chi connectivity index (χ1) is 6.84. The van der Waals surface area contributed by atoms with Crippen LogP contribution in [-0.4, -0.2) is 4.98 Å². The molecular formula is C10H11ClN2S. The van der Waals surface area contributed by atoms with E-state index in [1.807, 2.05) is 6.07 Å². The summed E-state index contributed by atoms with van der Waals surface area (Å²) in [6.07, 6.45) is 1.80. The first-order valence-corrected chi connectivity index (χ1v) is 5.66. The quantitative estimate of drug-likeness (QED) is 0.824. The van der Waals surface area contributed by atoms with Gasteiger partial charge in [-0.25, -0.2) is 0 Å². The van der Waals surface area contributed by atoms with Crippen LogP contribution >= 0.6 is 22.9 Å². The molecule has 0 aliphatic carbocycles. The van der Waals surface area contributed by atoms with Crippen LogP contribution in [0.15, 0.2) is 29.8 Å². The first kappa shape index (κ1) is 9.77. The van der Waals surface area contributed by atoms with Crippen LogP contribution in [0.5, 0.6) is 0 Å². The van der Waals surface area contributed by atoms with Crippen LogP contribution in [0.3, 0.4) is 0 Å². The van der Waals surface area contributed by atoms with E-state index in [4.69, 9.17) is 11.6 Å². The number of halogens is 1. The highest BCUT2D eigenvalue weighted by Crippen LogP contribution is 2.10. The zero-order chi connectivity index (χ0) is 9.80. The molecule has 2 N–H and O–H groups in total. The minimum absolute atomic E-state index is 0.762. The number of H-pyrrole nitrogens is 1. The number of thiophene rings is 1. The minimum atomic E-state index is 0.762. The minimum Gasteiger partial charge on any atom is -0.363 e. The van der Waals surface area contributed by atoms with E-state index in [1.54, 1.807) is 17.5 Å². The molecule has 2 heterocycles. The molecule has 2 aromatic rings. The molecule has 0 bridgehead atoms. The van der Waals surface area contributed by atoms with E-state index in [-0.39, 0.29) is 0 Å². The van der Waals surface area contributed by atoms with Crippen LogP contribution in [0.1, 0.15) is 10.6 Å². The molecule has 0 radical (unpaired) electrons. The van der Waals surface area contributed by atoms with Gasteiger partial charge in [-0.15, -0.1) is 11.3 Å². The van der Waals surface area contributed by atoms with Crippen molar-refractivity contribution in [3.8, 4) is 0 Å². The molecule has 4 heteroatoms. The van der Waals surface area contributed by atoms with Gasteiger partial charge in [0.05, 0.1) is 5.02 Å². The largest absolute Gasteiger partial charge is 0.363 e. The Balaban J connectivity index is 1.78. The van der Waals surface area contributed by atoms with E-state index in [1.165, 1.54) is 4.88 Å². The van der Waals surface area contributed by atoms with Gasteiger partial charge in [-0.3, -0.25) is 0 Å². The average molecular weight is 227 g/mol. The Bertz CT molecular complexity index is 380. The van der Waals surface area contributed by atoms with Crippen molar-refractivity contribution in [2.45, 2.75) is 13.1 Å². The second-order valence-electron chi connectivity index (χ2n) is 3.03. The van der Waals surface area contributed by atoms with Crippen molar-refractivity contribution in [2.75, 3.05) is 0 Å². The fraction of sp³-hybridized carbons (Fsp3) is 0.200. The molecule has 0 aromatic carbocycles. The summed E-state index contributed by atoms with van der Waals surface area (Å²) in [4.78, 5) is 4.44. The summed E-state index contributed by atoms with van der Waals surface area (Å²) in [5.74, 6) is 0. The van der Waals surface area contributed by atoms with Gasteiger partial charge in [0.1, 0.15) is 0 Å². The zero-order valence-corrected chi connectivity index (χ0v) is 9.16. The first-order valence-electron chi connectivity index (χ1n) is 4.40. The second kappa shape index (κ2) is 4.64. The van der Waals surface area contributed by atoms with Crippen molar-refractivity contribution in [2.24, 2.45) is 0 Å². The Morgan fingerprint density at radius 2 is 2.36 bits per heavy atom. The van der Waals surface area contributed by atoms with Gasteiger partial charge in [-0.05, 0) is 17.5 Å². The Morgan fingerprint density at radius 3 is 3.00 bits per heavy atom. The van der Waals surface area contributed by atoms with Gasteiger partial charge in [-0.2, -0.15) is 0 Å². The number of hydrogen-bond donors (Lipinski definition) is 2. The van der Waals surface area contributed by atoms with Gasteiger partial charge in [0.15, 0.2) is 0 Å². The third-order valence-electron chi connectivity index (χ3n) is 1.90. The Labute approximate surface area is 91.9 Å². The van der Waals surface area contributed by atoms with Crippen LogP contribution in [0.4, 0.5) is 0 Å². The van der Waals surface area contributed by atoms with Crippen molar-refractivity contribution in [3.05, 3.63) is 45.4 Å². The van der Waals surface area contributed by atoms with E-state index in [2.05, 4.69) is 27.8 Å². The van der Waals surface area contributed by atoms with Crippen LogP contribution < -0.4 is 5.32 Å². The summed E-state index contributed by atoms with van der Waals surface area (Å²) in [5, 5.41) is 6.19. The molecule has 14 heavy (non-hydrogen) atoms. The molecular weight excluding hydrogens is 216 g/mol. The van der Waals surface area contributed by atoms with E-state index < -0.39 is 0 Å². The summed E-state index contributed by atoms with van der Waals surface area (Å²) in [6, 6.07) is 6.12. The highest BCUT2D eigenvalue weighted by Gasteiger charge is 1.97. The van der Waals surface area contributed by atoms with Gasteiger partial charge in [0, 0.05) is 29.9 Å². The number of aromatic nitrogens is 1. The predicted molar refractivity (Wildman–Crippen MR) is 60.7 cm³/mol. The molecule has 2 rings (SSSR count). The fourth-order valence-electron chi connectivity index (χ4n) is 1.25. The number of rotatable bonds is 4. The van der Waals surface area contributed by atoms with E-state index in [0.29, 0.717) is 0 Å². The maximum absolute atomic E-state index is 5.78. The summed E-state index contributed by atoms with van der Waals surface area (Å²) in [7, 11) is 0. The SMILES string of the molecule is Clc1c[nH]c(CNCc2cccs2)c1. The molecule has 0 aliphatic heterocycles. The molecule has 0 atom stereocenters. The zero-order valence-electron chi connectivity index (χ0n) is 7.59. The lowest BCUT2D eigenvalue weighted by atomic mass is 10.4. The molecule has 0 saturated heterocycles. The molecule has 2 nitrogen and oxygen atoms in total. The number of nitrogens with one attached hydrogen (secondary N) is 2. The molecule has 0 fully saturated rings. The van der Waals surface area contributed by atoms with Crippen molar-refractivity contribution < 1.29 is 0 Å². The monoisotopic (exact) mass is 226 g/mol. The molecule has 0 saturated carbocycles. The predicted octanol–water partition coefficient (Wildman–Crippen LogP) is 3.02. The lowest BCUT2D eigenvalue weighted by Crippen LogP contribution is -2.11. The highest BCUT2D eigenvalue weighted by atomic mass is 35.5. The average Bonchev–Trinajstić information content (AvgIpc) is 2.77. The molecule has 0 amide bonds.